The van der Waals surface area contributed by atoms with Crippen LogP contribution in [0.5, 0.6) is 5.75 Å². The van der Waals surface area contributed by atoms with Crippen LogP contribution in [0.4, 0.5) is 5.69 Å². The van der Waals surface area contributed by atoms with Gasteiger partial charge in [-0.3, -0.25) is 9.48 Å². The van der Waals surface area contributed by atoms with Crippen LogP contribution >= 0.6 is 11.8 Å². The number of carbonyl (C=O) groups excluding carboxylic acids is 1. The quantitative estimate of drug-likeness (QED) is 0.447. The third kappa shape index (κ3) is 4.61. The van der Waals surface area contributed by atoms with E-state index in [1.807, 2.05) is 55.2 Å². The van der Waals surface area contributed by atoms with Gasteiger partial charge >= 0.3 is 0 Å². The Morgan fingerprint density at radius 1 is 1.06 bits per heavy atom. The molecular formula is C22H22N6O2S. The monoisotopic (exact) mass is 434 g/mol. The van der Waals surface area contributed by atoms with Gasteiger partial charge in [-0.25, -0.2) is 0 Å². The molecule has 4 rings (SSSR count). The lowest BCUT2D eigenvalue weighted by Gasteiger charge is -2.07. The standard InChI is InChI=1S/C22H22N6O2S/c1-27-13-18(20(26-27)15-7-5-4-6-8-15)21-24-25-22(28(21)2)31-14-19(29)23-16-9-11-17(30-3)12-10-16/h4-13H,14H2,1-3H3,(H,23,29). The molecule has 0 atom stereocenters. The molecule has 158 valence electrons. The van der Waals surface area contributed by atoms with Crippen LogP contribution in [0.25, 0.3) is 22.6 Å². The van der Waals surface area contributed by atoms with Crippen LogP contribution < -0.4 is 10.1 Å². The summed E-state index contributed by atoms with van der Waals surface area (Å²) in [5, 5.41) is 16.8. The number of anilines is 1. The van der Waals surface area contributed by atoms with Crippen molar-refractivity contribution in [2.45, 2.75) is 5.16 Å². The first-order chi connectivity index (χ1) is 15.0. The number of nitrogens with zero attached hydrogens (tertiary/aromatic N) is 5. The van der Waals surface area contributed by atoms with Crippen molar-refractivity contribution < 1.29 is 9.53 Å². The van der Waals surface area contributed by atoms with Crippen molar-refractivity contribution in [1.29, 1.82) is 0 Å². The Hall–Kier alpha value is -3.59. The third-order valence-electron chi connectivity index (χ3n) is 4.66. The van der Waals surface area contributed by atoms with Crippen molar-refractivity contribution in [3.8, 4) is 28.4 Å². The normalized spacial score (nSPS) is 10.8. The number of rotatable bonds is 7. The van der Waals surface area contributed by atoms with Crippen LogP contribution in [0, 0.1) is 0 Å². The van der Waals surface area contributed by atoms with Crippen molar-refractivity contribution >= 4 is 23.4 Å². The summed E-state index contributed by atoms with van der Waals surface area (Å²) in [6, 6.07) is 17.2. The van der Waals surface area contributed by atoms with Crippen LogP contribution in [0.2, 0.25) is 0 Å². The highest BCUT2D eigenvalue weighted by atomic mass is 32.2. The molecule has 2 aromatic heterocycles. The molecule has 4 aromatic rings. The zero-order chi connectivity index (χ0) is 21.8. The number of benzene rings is 2. The fourth-order valence-corrected chi connectivity index (χ4v) is 3.85. The van der Waals surface area contributed by atoms with E-state index < -0.39 is 0 Å². The molecular weight excluding hydrogens is 412 g/mol. The van der Waals surface area contributed by atoms with Crippen molar-refractivity contribution in [2.75, 3.05) is 18.2 Å². The SMILES string of the molecule is COc1ccc(NC(=O)CSc2nnc(-c3cn(C)nc3-c3ccccc3)n2C)cc1. The fourth-order valence-electron chi connectivity index (χ4n) is 3.14. The molecule has 2 aromatic carbocycles. The van der Waals surface area contributed by atoms with Gasteiger partial charge in [0.1, 0.15) is 11.4 Å². The van der Waals surface area contributed by atoms with Gasteiger partial charge in [0, 0.05) is 31.5 Å². The van der Waals surface area contributed by atoms with E-state index in [9.17, 15) is 4.79 Å². The van der Waals surface area contributed by atoms with E-state index in [1.165, 1.54) is 11.8 Å². The van der Waals surface area contributed by atoms with Crippen molar-refractivity contribution in [3.05, 3.63) is 60.8 Å². The van der Waals surface area contributed by atoms with E-state index in [1.54, 1.807) is 36.1 Å². The minimum absolute atomic E-state index is 0.119. The Morgan fingerprint density at radius 3 is 2.52 bits per heavy atom. The van der Waals surface area contributed by atoms with E-state index in [4.69, 9.17) is 4.74 Å². The van der Waals surface area contributed by atoms with Gasteiger partial charge in [0.25, 0.3) is 0 Å². The molecule has 0 spiro atoms. The van der Waals surface area contributed by atoms with E-state index in [-0.39, 0.29) is 11.7 Å². The smallest absolute Gasteiger partial charge is 0.234 e. The van der Waals surface area contributed by atoms with Gasteiger partial charge in [0.05, 0.1) is 18.4 Å². The van der Waals surface area contributed by atoms with Gasteiger partial charge in [-0.2, -0.15) is 5.10 Å². The highest BCUT2D eigenvalue weighted by Gasteiger charge is 2.19. The molecule has 0 radical (unpaired) electrons. The molecule has 31 heavy (non-hydrogen) atoms. The number of ether oxygens (including phenoxy) is 1. The first-order valence-electron chi connectivity index (χ1n) is 9.60. The first kappa shape index (κ1) is 20.7. The number of aromatic nitrogens is 5. The van der Waals surface area contributed by atoms with Gasteiger partial charge in [-0.1, -0.05) is 42.1 Å². The van der Waals surface area contributed by atoms with Crippen molar-refractivity contribution in [3.63, 3.8) is 0 Å². The second-order valence-electron chi connectivity index (χ2n) is 6.86. The summed E-state index contributed by atoms with van der Waals surface area (Å²) in [6.07, 6.45) is 1.93. The number of thioether (sulfide) groups is 1. The molecule has 1 amide bonds. The lowest BCUT2D eigenvalue weighted by Crippen LogP contribution is -2.14. The second-order valence-corrected chi connectivity index (χ2v) is 7.80. The molecule has 0 saturated carbocycles. The maximum Gasteiger partial charge on any atom is 0.234 e. The summed E-state index contributed by atoms with van der Waals surface area (Å²) in [4.78, 5) is 12.3. The zero-order valence-corrected chi connectivity index (χ0v) is 18.3. The predicted octanol–water partition coefficient (Wildman–Crippen LogP) is 3.62. The number of nitrogens with one attached hydrogen (secondary N) is 1. The topological polar surface area (TPSA) is 86.9 Å². The molecule has 2 heterocycles. The molecule has 0 bridgehead atoms. The zero-order valence-electron chi connectivity index (χ0n) is 17.4. The lowest BCUT2D eigenvalue weighted by atomic mass is 10.1. The molecule has 8 nitrogen and oxygen atoms in total. The number of hydrogen-bond donors (Lipinski definition) is 1. The van der Waals surface area contributed by atoms with Crippen LogP contribution in [-0.2, 0) is 18.9 Å². The molecule has 9 heteroatoms. The van der Waals surface area contributed by atoms with Crippen molar-refractivity contribution in [2.24, 2.45) is 14.1 Å². The maximum atomic E-state index is 12.3. The minimum Gasteiger partial charge on any atom is -0.497 e. The molecule has 0 aliphatic carbocycles. The molecule has 0 aliphatic heterocycles. The van der Waals surface area contributed by atoms with Crippen LogP contribution in [0.3, 0.4) is 0 Å². The van der Waals surface area contributed by atoms with E-state index in [2.05, 4.69) is 20.6 Å². The minimum atomic E-state index is -0.119. The third-order valence-corrected chi connectivity index (χ3v) is 5.68. The van der Waals surface area contributed by atoms with Crippen molar-refractivity contribution in [1.82, 2.24) is 24.5 Å². The number of amides is 1. The average Bonchev–Trinajstić information content (AvgIpc) is 3.35. The van der Waals surface area contributed by atoms with Gasteiger partial charge in [0.15, 0.2) is 11.0 Å². The van der Waals surface area contributed by atoms with E-state index >= 15 is 0 Å². The number of methoxy groups -OCH3 is 1. The lowest BCUT2D eigenvalue weighted by molar-refractivity contribution is -0.113. The van der Waals surface area contributed by atoms with Gasteiger partial charge < -0.3 is 14.6 Å². The Labute approximate surface area is 184 Å². The maximum absolute atomic E-state index is 12.3. The summed E-state index contributed by atoms with van der Waals surface area (Å²) in [7, 11) is 5.37. The van der Waals surface area contributed by atoms with Crippen LogP contribution in [0.15, 0.2) is 66.0 Å². The average molecular weight is 435 g/mol. The molecule has 0 saturated heterocycles. The molecule has 0 unspecified atom stereocenters. The van der Waals surface area contributed by atoms with E-state index in [0.29, 0.717) is 16.7 Å². The summed E-state index contributed by atoms with van der Waals surface area (Å²) in [5.74, 6) is 1.54. The Balaban J connectivity index is 1.47. The molecule has 0 fully saturated rings. The summed E-state index contributed by atoms with van der Waals surface area (Å²) >= 11 is 1.33. The number of aryl methyl sites for hydroxylation is 1. The van der Waals surface area contributed by atoms with Gasteiger partial charge in [0.2, 0.25) is 5.91 Å². The highest BCUT2D eigenvalue weighted by molar-refractivity contribution is 7.99. The van der Waals surface area contributed by atoms with E-state index in [0.717, 1.165) is 22.6 Å². The van der Waals surface area contributed by atoms with Crippen LogP contribution in [-0.4, -0.2) is 43.3 Å². The first-order valence-corrected chi connectivity index (χ1v) is 10.6. The number of hydrogen-bond acceptors (Lipinski definition) is 6. The Bertz CT molecular complexity index is 1180. The highest BCUT2D eigenvalue weighted by Crippen LogP contribution is 2.31. The van der Waals surface area contributed by atoms with Gasteiger partial charge in [-0.05, 0) is 24.3 Å². The fraction of sp³-hybridized carbons (Fsp3) is 0.182. The summed E-state index contributed by atoms with van der Waals surface area (Å²) in [6.45, 7) is 0. The summed E-state index contributed by atoms with van der Waals surface area (Å²) < 4.78 is 8.78. The molecule has 1 N–H and O–H groups in total. The predicted molar refractivity (Wildman–Crippen MR) is 121 cm³/mol. The second kappa shape index (κ2) is 9.05. The van der Waals surface area contributed by atoms with Crippen LogP contribution in [0.1, 0.15) is 0 Å². The molecule has 0 aliphatic rings. The largest absolute Gasteiger partial charge is 0.497 e. The number of carbonyl (C=O) groups is 1. The van der Waals surface area contributed by atoms with Gasteiger partial charge in [-0.15, -0.1) is 10.2 Å². The Kier molecular flexibility index (Phi) is 6.03. The summed E-state index contributed by atoms with van der Waals surface area (Å²) in [5.41, 5.74) is 3.45. The Morgan fingerprint density at radius 2 is 1.81 bits per heavy atom.